The molecule has 12 heavy (non-hydrogen) atoms. The normalized spacial score (nSPS) is 21.5. The Morgan fingerprint density at radius 3 is 1.83 bits per heavy atom. The molecule has 4 nitrogen and oxygen atoms in total. The summed E-state index contributed by atoms with van der Waals surface area (Å²) >= 11 is 0. The first kappa shape index (κ1) is 9.03. The van der Waals surface area contributed by atoms with Crippen LogP contribution >= 0.6 is 0 Å². The van der Waals surface area contributed by atoms with Gasteiger partial charge in [-0.2, -0.15) is 0 Å². The molecule has 0 radical (unpaired) electrons. The average molecular weight is 170 g/mol. The van der Waals surface area contributed by atoms with Crippen LogP contribution in [0.15, 0.2) is 0 Å². The molecule has 0 aliphatic carbocycles. The molecule has 1 aliphatic heterocycles. The van der Waals surface area contributed by atoms with Crippen LogP contribution in [0.3, 0.4) is 0 Å². The summed E-state index contributed by atoms with van der Waals surface area (Å²) in [5.74, 6) is -0.285. The summed E-state index contributed by atoms with van der Waals surface area (Å²) in [7, 11) is 0. The average Bonchev–Trinajstić information content (AvgIpc) is 2.06. The van der Waals surface area contributed by atoms with Crippen LogP contribution in [0.4, 0.5) is 0 Å². The fraction of sp³-hybridized carbons (Fsp3) is 0.750. The second-order valence-electron chi connectivity index (χ2n) is 2.98. The Balaban J connectivity index is 2.93. The molecule has 1 fully saturated rings. The number of carbonyl (C=O) groups is 2. The molecule has 0 unspecified atom stereocenters. The molecule has 68 valence electrons. The fourth-order valence-electron chi connectivity index (χ4n) is 1.54. The van der Waals surface area contributed by atoms with Crippen molar-refractivity contribution in [1.29, 1.82) is 0 Å². The van der Waals surface area contributed by atoms with E-state index >= 15 is 0 Å². The molecular formula is C8H14N2O2. The van der Waals surface area contributed by atoms with Crippen LogP contribution in [0.1, 0.15) is 26.7 Å². The van der Waals surface area contributed by atoms with Crippen LogP contribution in [0.2, 0.25) is 0 Å². The van der Waals surface area contributed by atoms with Gasteiger partial charge in [-0.1, -0.05) is 13.8 Å². The minimum absolute atomic E-state index is 0.142. The predicted octanol–water partition coefficient (Wildman–Crippen LogP) is -0.00370. The summed E-state index contributed by atoms with van der Waals surface area (Å²) in [4.78, 5) is 22.8. The maximum absolute atomic E-state index is 11.4. The van der Waals surface area contributed by atoms with E-state index < -0.39 is 5.41 Å². The lowest BCUT2D eigenvalue weighted by molar-refractivity contribution is -0.147. The maximum atomic E-state index is 11.4. The first-order valence-corrected chi connectivity index (χ1v) is 4.24. The summed E-state index contributed by atoms with van der Waals surface area (Å²) in [5.41, 5.74) is -0.821. The molecule has 1 heterocycles. The van der Waals surface area contributed by atoms with Gasteiger partial charge in [-0.25, -0.2) is 0 Å². The quantitative estimate of drug-likeness (QED) is 0.573. The van der Waals surface area contributed by atoms with Crippen molar-refractivity contribution in [3.8, 4) is 0 Å². The van der Waals surface area contributed by atoms with E-state index in [2.05, 4.69) is 10.6 Å². The number of rotatable bonds is 2. The minimum Gasteiger partial charge on any atom is -0.338 e. The molecule has 0 aromatic heterocycles. The van der Waals surface area contributed by atoms with Gasteiger partial charge in [0.05, 0.1) is 6.67 Å². The highest BCUT2D eigenvalue weighted by Gasteiger charge is 2.44. The van der Waals surface area contributed by atoms with Crippen LogP contribution in [0.5, 0.6) is 0 Å². The van der Waals surface area contributed by atoms with Crippen molar-refractivity contribution in [2.45, 2.75) is 26.7 Å². The van der Waals surface area contributed by atoms with Crippen molar-refractivity contribution < 1.29 is 9.59 Å². The first-order chi connectivity index (χ1) is 5.67. The standard InChI is InChI=1S/C8H14N2O2/c1-3-8(4-2)6(11)9-5-10-7(8)12/h3-5H2,1-2H3,(H,9,11)(H,10,12). The highest BCUT2D eigenvalue weighted by Crippen LogP contribution is 2.28. The maximum Gasteiger partial charge on any atom is 0.237 e. The molecule has 0 aromatic carbocycles. The van der Waals surface area contributed by atoms with Crippen LogP contribution in [0.25, 0.3) is 0 Å². The molecule has 0 atom stereocenters. The predicted molar refractivity (Wildman–Crippen MR) is 44.2 cm³/mol. The summed E-state index contributed by atoms with van der Waals surface area (Å²) in [5, 5.41) is 5.27. The van der Waals surface area contributed by atoms with E-state index in [4.69, 9.17) is 0 Å². The van der Waals surface area contributed by atoms with Gasteiger partial charge in [0.15, 0.2) is 0 Å². The molecule has 4 heteroatoms. The molecule has 0 spiro atoms. The van der Waals surface area contributed by atoms with Gasteiger partial charge in [-0.05, 0) is 12.8 Å². The van der Waals surface area contributed by atoms with E-state index in [1.165, 1.54) is 0 Å². The molecule has 2 N–H and O–H groups in total. The van der Waals surface area contributed by atoms with E-state index in [1.54, 1.807) is 0 Å². The van der Waals surface area contributed by atoms with Crippen molar-refractivity contribution >= 4 is 11.8 Å². The third-order valence-electron chi connectivity index (χ3n) is 2.57. The summed E-state index contributed by atoms with van der Waals surface area (Å²) in [6, 6.07) is 0. The van der Waals surface area contributed by atoms with Gasteiger partial charge < -0.3 is 10.6 Å². The van der Waals surface area contributed by atoms with Gasteiger partial charge in [0.2, 0.25) is 11.8 Å². The third kappa shape index (κ3) is 1.07. The Hall–Kier alpha value is -1.06. The second kappa shape index (κ2) is 3.13. The highest BCUT2D eigenvalue weighted by atomic mass is 16.2. The zero-order valence-electron chi connectivity index (χ0n) is 7.44. The third-order valence-corrected chi connectivity index (χ3v) is 2.57. The number of hydrogen-bond acceptors (Lipinski definition) is 2. The van der Waals surface area contributed by atoms with E-state index in [1.807, 2.05) is 13.8 Å². The zero-order valence-corrected chi connectivity index (χ0v) is 7.44. The van der Waals surface area contributed by atoms with Gasteiger partial charge in [-0.15, -0.1) is 0 Å². The monoisotopic (exact) mass is 170 g/mol. The number of carbonyl (C=O) groups excluding carboxylic acids is 2. The summed E-state index contributed by atoms with van der Waals surface area (Å²) < 4.78 is 0. The van der Waals surface area contributed by atoms with Gasteiger partial charge in [0.25, 0.3) is 0 Å². The van der Waals surface area contributed by atoms with Crippen molar-refractivity contribution in [1.82, 2.24) is 10.6 Å². The van der Waals surface area contributed by atoms with Crippen LogP contribution in [-0.4, -0.2) is 18.5 Å². The minimum atomic E-state index is -0.821. The van der Waals surface area contributed by atoms with Gasteiger partial charge in [0.1, 0.15) is 5.41 Å². The topological polar surface area (TPSA) is 58.2 Å². The smallest absolute Gasteiger partial charge is 0.237 e. The van der Waals surface area contributed by atoms with E-state index in [9.17, 15) is 9.59 Å². The number of amides is 2. The molecule has 2 amide bonds. The van der Waals surface area contributed by atoms with Crippen LogP contribution < -0.4 is 10.6 Å². The van der Waals surface area contributed by atoms with Gasteiger partial charge in [0, 0.05) is 0 Å². The number of nitrogens with one attached hydrogen (secondary N) is 2. The van der Waals surface area contributed by atoms with Gasteiger partial charge >= 0.3 is 0 Å². The highest BCUT2D eigenvalue weighted by molar-refractivity contribution is 6.06. The molecule has 1 aliphatic rings. The number of hydrogen-bond donors (Lipinski definition) is 2. The molecule has 0 bridgehead atoms. The van der Waals surface area contributed by atoms with Gasteiger partial charge in [-0.3, -0.25) is 9.59 Å². The van der Waals surface area contributed by atoms with Crippen molar-refractivity contribution in [3.05, 3.63) is 0 Å². The van der Waals surface area contributed by atoms with Crippen molar-refractivity contribution in [2.24, 2.45) is 5.41 Å². The lowest BCUT2D eigenvalue weighted by Gasteiger charge is -2.32. The van der Waals surface area contributed by atoms with Crippen molar-refractivity contribution in [3.63, 3.8) is 0 Å². The van der Waals surface area contributed by atoms with E-state index in [-0.39, 0.29) is 18.5 Å². The Kier molecular flexibility index (Phi) is 2.35. The lowest BCUT2D eigenvalue weighted by Crippen LogP contribution is -2.59. The molecular weight excluding hydrogens is 156 g/mol. The van der Waals surface area contributed by atoms with E-state index in [0.717, 1.165) is 0 Å². The molecule has 0 aromatic rings. The van der Waals surface area contributed by atoms with Crippen LogP contribution in [-0.2, 0) is 9.59 Å². The lowest BCUT2D eigenvalue weighted by atomic mass is 9.79. The van der Waals surface area contributed by atoms with E-state index in [0.29, 0.717) is 12.8 Å². The summed E-state index contributed by atoms with van der Waals surface area (Å²) in [6.07, 6.45) is 1.11. The molecule has 1 rings (SSSR count). The second-order valence-corrected chi connectivity index (χ2v) is 2.98. The fourth-order valence-corrected chi connectivity index (χ4v) is 1.54. The Morgan fingerprint density at radius 1 is 1.17 bits per heavy atom. The zero-order chi connectivity index (χ0) is 9.19. The Labute approximate surface area is 71.7 Å². The Morgan fingerprint density at radius 2 is 1.58 bits per heavy atom. The summed E-state index contributed by atoms with van der Waals surface area (Å²) in [6.45, 7) is 3.97. The molecule has 0 saturated carbocycles. The first-order valence-electron chi connectivity index (χ1n) is 4.24. The Bertz CT molecular complexity index is 191. The van der Waals surface area contributed by atoms with Crippen LogP contribution in [0, 0.1) is 5.41 Å². The molecule has 1 saturated heterocycles. The largest absolute Gasteiger partial charge is 0.338 e. The SMILES string of the molecule is CCC1(CC)C(=O)NCNC1=O. The van der Waals surface area contributed by atoms with Crippen molar-refractivity contribution in [2.75, 3.05) is 6.67 Å².